The first-order chi connectivity index (χ1) is 12.4. The molecule has 0 aliphatic heterocycles. The van der Waals surface area contributed by atoms with Gasteiger partial charge in [0.05, 0.1) is 6.54 Å². The number of rotatable bonds is 5. The third-order valence-electron chi connectivity index (χ3n) is 5.54. The van der Waals surface area contributed by atoms with Gasteiger partial charge in [-0.1, -0.05) is 19.1 Å². The van der Waals surface area contributed by atoms with Crippen LogP contribution in [0.5, 0.6) is 0 Å². The van der Waals surface area contributed by atoms with Crippen molar-refractivity contribution < 1.29 is 8.83 Å². The predicted molar refractivity (Wildman–Crippen MR) is 102 cm³/mol. The quantitative estimate of drug-likeness (QED) is 0.622. The summed E-state index contributed by atoms with van der Waals surface area (Å²) < 4.78 is 11.5. The molecule has 1 saturated carbocycles. The van der Waals surface area contributed by atoms with E-state index in [1.165, 1.54) is 6.42 Å². The van der Waals surface area contributed by atoms with Crippen LogP contribution in [-0.4, -0.2) is 11.9 Å². The highest BCUT2D eigenvalue weighted by atomic mass is 16.4. The molecule has 4 heteroatoms. The van der Waals surface area contributed by atoms with Crippen LogP contribution in [0.2, 0.25) is 0 Å². The molecule has 3 aromatic rings. The van der Waals surface area contributed by atoms with Gasteiger partial charge in [0, 0.05) is 23.9 Å². The molecule has 0 spiro atoms. The van der Waals surface area contributed by atoms with Crippen LogP contribution in [0.1, 0.15) is 47.5 Å². The minimum absolute atomic E-state index is 0.294. The number of hydrogen-bond acceptors (Lipinski definition) is 4. The first kappa shape index (κ1) is 17.1. The topological polar surface area (TPSA) is 46.6 Å². The number of furan rings is 1. The summed E-state index contributed by atoms with van der Waals surface area (Å²) in [5, 5.41) is 1.01. The molecular formula is C22H25NO3. The molecule has 2 unspecified atom stereocenters. The number of nitrogens with zero attached hydrogens (tertiary/aromatic N) is 1. The summed E-state index contributed by atoms with van der Waals surface area (Å²) in [5.74, 6) is 3.43. The van der Waals surface area contributed by atoms with Gasteiger partial charge in [0.2, 0.25) is 0 Å². The lowest BCUT2D eigenvalue weighted by Gasteiger charge is -2.17. The Labute approximate surface area is 153 Å². The summed E-state index contributed by atoms with van der Waals surface area (Å²) in [7, 11) is 2.05. The van der Waals surface area contributed by atoms with Gasteiger partial charge in [0.25, 0.3) is 0 Å². The zero-order chi connectivity index (χ0) is 18.4. The van der Waals surface area contributed by atoms with E-state index < -0.39 is 0 Å². The molecule has 0 radical (unpaired) electrons. The van der Waals surface area contributed by atoms with Crippen molar-refractivity contribution in [2.75, 3.05) is 7.05 Å². The molecule has 1 aromatic carbocycles. The van der Waals surface area contributed by atoms with E-state index in [0.717, 1.165) is 39.5 Å². The van der Waals surface area contributed by atoms with Crippen LogP contribution in [0, 0.1) is 19.8 Å². The smallest absolute Gasteiger partial charge is 0.336 e. The summed E-state index contributed by atoms with van der Waals surface area (Å²) in [5.41, 5.74) is 3.55. The van der Waals surface area contributed by atoms with E-state index in [1.54, 1.807) is 6.07 Å². The number of benzene rings is 1. The van der Waals surface area contributed by atoms with Crippen molar-refractivity contribution in [3.05, 3.63) is 69.0 Å². The molecule has 1 fully saturated rings. The van der Waals surface area contributed by atoms with E-state index in [1.807, 2.05) is 27.0 Å². The number of fused-ring (bicyclic) bond motifs is 1. The standard InChI is InChI=1S/C22H25NO3/c1-13-5-7-18-16(10-21(24)26-22(18)15(13)3)11-23(4)12-17-6-8-20(25-17)19-9-14(19)2/h5-8,10,14,19H,9,11-12H2,1-4H3. The van der Waals surface area contributed by atoms with E-state index in [0.29, 0.717) is 24.6 Å². The molecule has 4 nitrogen and oxygen atoms in total. The van der Waals surface area contributed by atoms with Crippen LogP contribution in [0.15, 0.2) is 44.0 Å². The van der Waals surface area contributed by atoms with Crippen LogP contribution in [0.3, 0.4) is 0 Å². The van der Waals surface area contributed by atoms with Gasteiger partial charge in [0.1, 0.15) is 17.1 Å². The first-order valence-electron chi connectivity index (χ1n) is 9.22. The van der Waals surface area contributed by atoms with Crippen molar-refractivity contribution in [3.8, 4) is 0 Å². The summed E-state index contributed by atoms with van der Waals surface area (Å²) in [6.07, 6.45) is 1.23. The second-order valence-corrected chi connectivity index (χ2v) is 7.77. The molecule has 0 saturated heterocycles. The van der Waals surface area contributed by atoms with Crippen LogP contribution >= 0.6 is 0 Å². The molecule has 2 atom stereocenters. The molecular weight excluding hydrogens is 326 g/mol. The van der Waals surface area contributed by atoms with Gasteiger partial charge in [0.15, 0.2) is 0 Å². The van der Waals surface area contributed by atoms with Gasteiger partial charge < -0.3 is 8.83 Å². The second-order valence-electron chi connectivity index (χ2n) is 7.77. The van der Waals surface area contributed by atoms with Crippen molar-refractivity contribution in [3.63, 3.8) is 0 Å². The zero-order valence-corrected chi connectivity index (χ0v) is 15.8. The van der Waals surface area contributed by atoms with E-state index in [4.69, 9.17) is 8.83 Å². The predicted octanol–water partition coefficient (Wildman–Crippen LogP) is 4.76. The average molecular weight is 351 g/mol. The van der Waals surface area contributed by atoms with E-state index in [-0.39, 0.29) is 5.63 Å². The molecule has 1 aliphatic carbocycles. The lowest BCUT2D eigenvalue weighted by Crippen LogP contribution is -2.18. The molecule has 1 aliphatic rings. The van der Waals surface area contributed by atoms with Crippen LogP contribution in [0.4, 0.5) is 0 Å². The van der Waals surface area contributed by atoms with Gasteiger partial charge in [-0.15, -0.1) is 0 Å². The monoisotopic (exact) mass is 351 g/mol. The molecule has 2 heterocycles. The first-order valence-corrected chi connectivity index (χ1v) is 9.22. The second kappa shape index (κ2) is 6.44. The fourth-order valence-electron chi connectivity index (χ4n) is 3.67. The van der Waals surface area contributed by atoms with Crippen LogP contribution in [0.25, 0.3) is 11.0 Å². The summed E-state index contributed by atoms with van der Waals surface area (Å²) in [4.78, 5) is 14.2. The van der Waals surface area contributed by atoms with Gasteiger partial charge in [-0.25, -0.2) is 4.79 Å². The largest absolute Gasteiger partial charge is 0.464 e. The van der Waals surface area contributed by atoms with Crippen molar-refractivity contribution in [2.45, 2.75) is 46.2 Å². The van der Waals surface area contributed by atoms with E-state index >= 15 is 0 Å². The minimum Gasteiger partial charge on any atom is -0.464 e. The number of hydrogen-bond donors (Lipinski definition) is 0. The SMILES string of the molecule is Cc1ccc2c(CN(C)Cc3ccc(C4CC4C)o3)cc(=O)oc2c1C. The van der Waals surface area contributed by atoms with Crippen molar-refractivity contribution >= 4 is 11.0 Å². The highest BCUT2D eigenvalue weighted by Gasteiger charge is 2.36. The highest BCUT2D eigenvalue weighted by Crippen LogP contribution is 2.47. The average Bonchev–Trinajstić information content (AvgIpc) is 3.13. The molecule has 0 bridgehead atoms. The number of aryl methyl sites for hydroxylation is 2. The van der Waals surface area contributed by atoms with Gasteiger partial charge >= 0.3 is 5.63 Å². The Bertz CT molecular complexity index is 1010. The third kappa shape index (κ3) is 3.21. The van der Waals surface area contributed by atoms with Crippen molar-refractivity contribution in [1.82, 2.24) is 4.90 Å². The van der Waals surface area contributed by atoms with Gasteiger partial charge in [-0.05, 0) is 62.1 Å². The molecule has 136 valence electrons. The van der Waals surface area contributed by atoms with Gasteiger partial charge in [-0.2, -0.15) is 0 Å². The fraction of sp³-hybridized carbons (Fsp3) is 0.409. The maximum Gasteiger partial charge on any atom is 0.336 e. The summed E-state index contributed by atoms with van der Waals surface area (Å²) in [6, 6.07) is 9.91. The Hall–Kier alpha value is -2.33. The minimum atomic E-state index is -0.294. The molecule has 0 amide bonds. The molecule has 2 aromatic heterocycles. The molecule has 4 rings (SSSR count). The van der Waals surface area contributed by atoms with E-state index in [9.17, 15) is 4.79 Å². The Morgan fingerprint density at radius 2 is 1.88 bits per heavy atom. The van der Waals surface area contributed by atoms with Crippen LogP contribution in [-0.2, 0) is 13.1 Å². The normalized spacial score (nSPS) is 19.4. The Balaban J connectivity index is 1.55. The lowest BCUT2D eigenvalue weighted by molar-refractivity contribution is 0.283. The van der Waals surface area contributed by atoms with E-state index in [2.05, 4.69) is 30.0 Å². The maximum atomic E-state index is 12.0. The summed E-state index contributed by atoms with van der Waals surface area (Å²) >= 11 is 0. The molecule has 0 N–H and O–H groups in total. The van der Waals surface area contributed by atoms with Crippen molar-refractivity contribution in [1.29, 1.82) is 0 Å². The zero-order valence-electron chi connectivity index (χ0n) is 15.8. The van der Waals surface area contributed by atoms with Gasteiger partial charge in [-0.3, -0.25) is 4.90 Å². The Morgan fingerprint density at radius 3 is 2.62 bits per heavy atom. The Kier molecular flexibility index (Phi) is 4.23. The van der Waals surface area contributed by atoms with Crippen molar-refractivity contribution in [2.24, 2.45) is 5.92 Å². The molecule has 26 heavy (non-hydrogen) atoms. The van der Waals surface area contributed by atoms with Crippen LogP contribution < -0.4 is 5.63 Å². The maximum absolute atomic E-state index is 12.0. The Morgan fingerprint density at radius 1 is 1.12 bits per heavy atom. The highest BCUT2D eigenvalue weighted by molar-refractivity contribution is 5.83. The summed E-state index contributed by atoms with van der Waals surface area (Å²) in [6.45, 7) is 7.67. The lowest BCUT2D eigenvalue weighted by atomic mass is 10.0. The fourth-order valence-corrected chi connectivity index (χ4v) is 3.67. The third-order valence-corrected chi connectivity index (χ3v) is 5.54.